The van der Waals surface area contributed by atoms with E-state index in [1.165, 1.54) is 5.56 Å². The van der Waals surface area contributed by atoms with Crippen molar-refractivity contribution in [3.8, 4) is 11.5 Å². The Balaban J connectivity index is 2.05. The third-order valence-electron chi connectivity index (χ3n) is 2.37. The van der Waals surface area contributed by atoms with Gasteiger partial charge in [0.1, 0.15) is 6.26 Å². The third kappa shape index (κ3) is 2.51. The minimum Gasteiger partial charge on any atom is -0.444 e. The number of hydrogen-bond acceptors (Lipinski definition) is 4. The maximum Gasteiger partial charge on any atom is 0.227 e. The van der Waals surface area contributed by atoms with E-state index in [1.807, 2.05) is 0 Å². The average Bonchev–Trinajstić information content (AvgIpc) is 2.87. The van der Waals surface area contributed by atoms with Gasteiger partial charge in [0.05, 0.1) is 11.3 Å². The summed E-state index contributed by atoms with van der Waals surface area (Å²) in [5.74, 6) is 0.729. The van der Waals surface area contributed by atoms with Crippen LogP contribution in [0.5, 0.6) is 0 Å². The Hall–Kier alpha value is -1.13. The summed E-state index contributed by atoms with van der Waals surface area (Å²) in [6.07, 6.45) is 2.86. The van der Waals surface area contributed by atoms with Crippen molar-refractivity contribution in [2.45, 2.75) is 26.8 Å². The smallest absolute Gasteiger partial charge is 0.227 e. The molecule has 0 amide bonds. The van der Waals surface area contributed by atoms with Gasteiger partial charge in [-0.3, -0.25) is 0 Å². The van der Waals surface area contributed by atoms with Crippen LogP contribution in [0.2, 0.25) is 0 Å². The highest BCUT2D eigenvalue weighted by Gasteiger charge is 2.09. The molecule has 16 heavy (non-hydrogen) atoms. The summed E-state index contributed by atoms with van der Waals surface area (Å²) in [4.78, 5) is 4.46. The molecule has 1 N–H and O–H groups in total. The molecule has 2 aromatic rings. The van der Waals surface area contributed by atoms with Crippen LogP contribution in [0.1, 0.15) is 24.6 Å². The topological polar surface area (TPSA) is 38.1 Å². The standard InChI is InChI=1S/C12H16N2OS/c1-3-4-13-5-10-6-15-12(14-10)11-8-16-7-9(11)2/h6-8,13H,3-5H2,1-2H3. The van der Waals surface area contributed by atoms with Gasteiger partial charge in [-0.15, -0.1) is 0 Å². The normalized spacial score (nSPS) is 10.9. The maximum absolute atomic E-state index is 5.48. The van der Waals surface area contributed by atoms with E-state index in [0.29, 0.717) is 0 Å². The number of hydrogen-bond donors (Lipinski definition) is 1. The molecule has 2 rings (SSSR count). The minimum atomic E-state index is 0.729. The Morgan fingerprint density at radius 2 is 2.31 bits per heavy atom. The van der Waals surface area contributed by atoms with E-state index in [2.05, 4.69) is 34.9 Å². The summed E-state index contributed by atoms with van der Waals surface area (Å²) in [6.45, 7) is 6.02. The van der Waals surface area contributed by atoms with Gasteiger partial charge in [0.25, 0.3) is 0 Å². The summed E-state index contributed by atoms with van der Waals surface area (Å²) in [5, 5.41) is 7.48. The van der Waals surface area contributed by atoms with Crippen LogP contribution in [-0.2, 0) is 6.54 Å². The number of oxazole rings is 1. The lowest BCUT2D eigenvalue weighted by atomic mass is 10.2. The van der Waals surface area contributed by atoms with Crippen molar-refractivity contribution in [3.05, 3.63) is 28.3 Å². The van der Waals surface area contributed by atoms with Crippen molar-refractivity contribution >= 4 is 11.3 Å². The molecular formula is C12H16N2OS. The summed E-state index contributed by atoms with van der Waals surface area (Å²) < 4.78 is 5.48. The quantitative estimate of drug-likeness (QED) is 0.810. The molecule has 0 fully saturated rings. The zero-order chi connectivity index (χ0) is 11.4. The van der Waals surface area contributed by atoms with Gasteiger partial charge >= 0.3 is 0 Å². The first-order valence-electron chi connectivity index (χ1n) is 5.49. The van der Waals surface area contributed by atoms with Gasteiger partial charge in [0.2, 0.25) is 5.89 Å². The highest BCUT2D eigenvalue weighted by molar-refractivity contribution is 7.08. The van der Waals surface area contributed by atoms with Gasteiger partial charge in [-0.2, -0.15) is 11.3 Å². The highest BCUT2D eigenvalue weighted by Crippen LogP contribution is 2.25. The molecule has 0 aliphatic carbocycles. The van der Waals surface area contributed by atoms with Crippen LogP contribution in [-0.4, -0.2) is 11.5 Å². The molecule has 4 heteroatoms. The molecule has 0 radical (unpaired) electrons. The third-order valence-corrected chi connectivity index (χ3v) is 3.23. The lowest BCUT2D eigenvalue weighted by molar-refractivity contribution is 0.569. The van der Waals surface area contributed by atoms with Crippen LogP contribution in [0.25, 0.3) is 11.5 Å². The molecule has 0 saturated heterocycles. The van der Waals surface area contributed by atoms with Crippen LogP contribution in [0.4, 0.5) is 0 Å². The van der Waals surface area contributed by atoms with E-state index in [-0.39, 0.29) is 0 Å². The molecule has 2 heterocycles. The molecular weight excluding hydrogens is 220 g/mol. The number of rotatable bonds is 5. The van der Waals surface area contributed by atoms with Gasteiger partial charge in [-0.05, 0) is 30.8 Å². The fourth-order valence-corrected chi connectivity index (χ4v) is 2.31. The second-order valence-electron chi connectivity index (χ2n) is 3.79. The molecule has 0 aliphatic rings. The Kier molecular flexibility index (Phi) is 3.74. The van der Waals surface area contributed by atoms with Crippen LogP contribution < -0.4 is 5.32 Å². The molecule has 86 valence electrons. The number of thiophene rings is 1. The number of nitrogens with zero attached hydrogens (tertiary/aromatic N) is 1. The Morgan fingerprint density at radius 3 is 3.00 bits per heavy atom. The van der Waals surface area contributed by atoms with Gasteiger partial charge in [-0.25, -0.2) is 4.98 Å². The van der Waals surface area contributed by atoms with E-state index >= 15 is 0 Å². The summed E-state index contributed by atoms with van der Waals surface area (Å²) >= 11 is 1.68. The first-order chi connectivity index (χ1) is 7.81. The molecule has 0 saturated carbocycles. The molecule has 3 nitrogen and oxygen atoms in total. The number of nitrogens with one attached hydrogen (secondary N) is 1. The van der Waals surface area contributed by atoms with E-state index in [1.54, 1.807) is 17.6 Å². The summed E-state index contributed by atoms with van der Waals surface area (Å²) in [7, 11) is 0. The van der Waals surface area contributed by atoms with Gasteiger partial charge in [-0.1, -0.05) is 6.92 Å². The van der Waals surface area contributed by atoms with E-state index in [9.17, 15) is 0 Å². The lowest BCUT2D eigenvalue weighted by Crippen LogP contribution is -2.13. The summed E-state index contributed by atoms with van der Waals surface area (Å²) in [5.41, 5.74) is 3.29. The summed E-state index contributed by atoms with van der Waals surface area (Å²) in [6, 6.07) is 0. The highest BCUT2D eigenvalue weighted by atomic mass is 32.1. The van der Waals surface area contributed by atoms with Gasteiger partial charge < -0.3 is 9.73 Å². The largest absolute Gasteiger partial charge is 0.444 e. The number of aromatic nitrogens is 1. The minimum absolute atomic E-state index is 0.729. The zero-order valence-corrected chi connectivity index (χ0v) is 10.4. The van der Waals surface area contributed by atoms with Crippen LogP contribution in [0.3, 0.4) is 0 Å². The molecule has 0 atom stereocenters. The average molecular weight is 236 g/mol. The predicted octanol–water partition coefficient (Wildman–Crippen LogP) is 3.21. The fourth-order valence-electron chi connectivity index (χ4n) is 1.48. The van der Waals surface area contributed by atoms with Crippen molar-refractivity contribution in [1.82, 2.24) is 10.3 Å². The molecule has 0 bridgehead atoms. The van der Waals surface area contributed by atoms with Crippen LogP contribution >= 0.6 is 11.3 Å². The SMILES string of the molecule is CCCNCc1coc(-c2cscc2C)n1. The molecule has 2 aromatic heterocycles. The second-order valence-corrected chi connectivity index (χ2v) is 4.53. The molecule has 0 spiro atoms. The molecule has 0 aromatic carbocycles. The maximum atomic E-state index is 5.48. The second kappa shape index (κ2) is 5.27. The molecule has 0 unspecified atom stereocenters. The van der Waals surface area contributed by atoms with Crippen molar-refractivity contribution < 1.29 is 4.42 Å². The van der Waals surface area contributed by atoms with Gasteiger partial charge in [0, 0.05) is 11.9 Å². The van der Waals surface area contributed by atoms with Crippen molar-refractivity contribution in [2.24, 2.45) is 0 Å². The Labute approximate surface area is 99.5 Å². The van der Waals surface area contributed by atoms with E-state index < -0.39 is 0 Å². The van der Waals surface area contributed by atoms with Crippen LogP contribution in [0.15, 0.2) is 21.4 Å². The van der Waals surface area contributed by atoms with Crippen molar-refractivity contribution in [1.29, 1.82) is 0 Å². The van der Waals surface area contributed by atoms with E-state index in [0.717, 1.165) is 36.7 Å². The van der Waals surface area contributed by atoms with Crippen molar-refractivity contribution in [2.75, 3.05) is 6.54 Å². The number of aryl methyl sites for hydroxylation is 1. The first kappa shape index (κ1) is 11.4. The lowest BCUT2D eigenvalue weighted by Gasteiger charge is -1.97. The zero-order valence-electron chi connectivity index (χ0n) is 9.62. The van der Waals surface area contributed by atoms with Crippen molar-refractivity contribution in [3.63, 3.8) is 0 Å². The van der Waals surface area contributed by atoms with Crippen LogP contribution in [0, 0.1) is 6.92 Å². The first-order valence-corrected chi connectivity index (χ1v) is 6.44. The fraction of sp³-hybridized carbons (Fsp3) is 0.417. The monoisotopic (exact) mass is 236 g/mol. The van der Waals surface area contributed by atoms with Gasteiger partial charge in [0.15, 0.2) is 0 Å². The Bertz CT molecular complexity index is 447. The predicted molar refractivity (Wildman–Crippen MR) is 66.6 cm³/mol. The Morgan fingerprint density at radius 1 is 1.44 bits per heavy atom. The van der Waals surface area contributed by atoms with E-state index in [4.69, 9.17) is 4.42 Å². The molecule has 0 aliphatic heterocycles.